The Hall–Kier alpha value is -1.56. The summed E-state index contributed by atoms with van der Waals surface area (Å²) in [5.41, 5.74) is 0.965. The van der Waals surface area contributed by atoms with Crippen molar-refractivity contribution >= 4 is 46.4 Å². The van der Waals surface area contributed by atoms with Gasteiger partial charge in [-0.2, -0.15) is 15.3 Å². The van der Waals surface area contributed by atoms with Crippen molar-refractivity contribution in [3.63, 3.8) is 0 Å². The van der Waals surface area contributed by atoms with E-state index in [-0.39, 0.29) is 22.3 Å². The van der Waals surface area contributed by atoms with Crippen LogP contribution in [0.2, 0.25) is 20.2 Å². The third kappa shape index (κ3) is 2.90. The predicted octanol–water partition coefficient (Wildman–Crippen LogP) is 4.59. The average molecular weight is 361 g/mol. The summed E-state index contributed by atoms with van der Waals surface area (Å²) in [5.74, 6) is 0. The number of nitriles is 2. The topological polar surface area (TPSA) is 61.7 Å². The summed E-state index contributed by atoms with van der Waals surface area (Å²) in [7, 11) is 0. The van der Waals surface area contributed by atoms with Crippen LogP contribution in [0.4, 0.5) is 0 Å². The molecule has 0 aliphatic rings. The predicted molar refractivity (Wildman–Crippen MR) is 81.7 cm³/mol. The fraction of sp³-hybridized carbons (Fsp3) is 0.0769. The smallest absolute Gasteiger partial charge is 0.200 e. The Labute approximate surface area is 140 Å². The Balaban J connectivity index is 2.71. The van der Waals surface area contributed by atoms with Gasteiger partial charge in [0.25, 0.3) is 0 Å². The molecule has 0 unspecified atom stereocenters. The molecule has 106 valence electrons. The molecule has 0 spiro atoms. The molecule has 1 aromatic carbocycles. The molecule has 0 saturated heterocycles. The van der Waals surface area contributed by atoms with Crippen LogP contribution in [-0.2, 0) is 0 Å². The largest absolute Gasteiger partial charge is 0.397 e. The second-order valence-electron chi connectivity index (χ2n) is 3.80. The van der Waals surface area contributed by atoms with Gasteiger partial charge in [-0.15, -0.1) is 0 Å². The summed E-state index contributed by atoms with van der Waals surface area (Å²) >= 11 is 23.9. The van der Waals surface area contributed by atoms with Crippen molar-refractivity contribution in [2.24, 2.45) is 0 Å². The highest BCUT2D eigenvalue weighted by atomic mass is 35.5. The minimum Gasteiger partial charge on any atom is -0.397 e. The molecular weight excluding hydrogens is 356 g/mol. The van der Waals surface area contributed by atoms with E-state index < -0.39 is 0 Å². The van der Waals surface area contributed by atoms with Gasteiger partial charge in [-0.3, -0.25) is 0 Å². The average Bonchev–Trinajstić information content (AvgIpc) is 2.71. The van der Waals surface area contributed by atoms with Gasteiger partial charge >= 0.3 is 0 Å². The van der Waals surface area contributed by atoms with E-state index in [9.17, 15) is 5.26 Å². The summed E-state index contributed by atoms with van der Waals surface area (Å²) in [4.78, 5) is 5.22. The van der Waals surface area contributed by atoms with Crippen LogP contribution >= 0.6 is 46.4 Å². The molecule has 8 heteroatoms. The number of hydrogen-bond donors (Lipinski definition) is 0. The van der Waals surface area contributed by atoms with Crippen molar-refractivity contribution in [3.05, 3.63) is 44.0 Å². The van der Waals surface area contributed by atoms with Crippen molar-refractivity contribution < 1.29 is 4.84 Å². The monoisotopic (exact) mass is 359 g/mol. The van der Waals surface area contributed by atoms with Gasteiger partial charge in [0, 0.05) is 5.56 Å². The van der Waals surface area contributed by atoms with Crippen LogP contribution < -0.4 is 4.84 Å². The number of hydrogen-bond acceptors (Lipinski definition) is 3. The third-order valence-corrected chi connectivity index (χ3v) is 4.13. The molecule has 0 fully saturated rings. The van der Waals surface area contributed by atoms with Crippen LogP contribution in [-0.4, -0.2) is 11.3 Å². The maximum Gasteiger partial charge on any atom is 0.200 e. The van der Waals surface area contributed by atoms with Crippen LogP contribution in [0.5, 0.6) is 0 Å². The third-order valence-electron chi connectivity index (χ3n) is 2.58. The lowest BCUT2D eigenvalue weighted by Crippen LogP contribution is -2.13. The Morgan fingerprint density at radius 1 is 1.10 bits per heavy atom. The Bertz CT molecular complexity index is 786. The molecule has 0 N–H and O–H groups in total. The first-order chi connectivity index (χ1) is 10.0. The minimum absolute atomic E-state index is 0.00420. The lowest BCUT2D eigenvalue weighted by molar-refractivity contribution is 0.143. The van der Waals surface area contributed by atoms with E-state index in [1.165, 1.54) is 0 Å². The second kappa shape index (κ2) is 6.47. The van der Waals surface area contributed by atoms with Crippen LogP contribution in [0.25, 0.3) is 11.3 Å². The molecular formula is C13H5Cl4N3O. The van der Waals surface area contributed by atoms with Crippen molar-refractivity contribution in [2.75, 3.05) is 6.61 Å². The van der Waals surface area contributed by atoms with Gasteiger partial charge in [-0.05, 0) is 12.1 Å². The van der Waals surface area contributed by atoms with Crippen LogP contribution in [0.3, 0.4) is 0 Å². The first-order valence-electron chi connectivity index (χ1n) is 5.46. The van der Waals surface area contributed by atoms with Crippen molar-refractivity contribution in [3.8, 4) is 23.4 Å². The van der Waals surface area contributed by atoms with E-state index in [0.717, 1.165) is 4.73 Å². The molecule has 0 radical (unpaired) electrons. The zero-order chi connectivity index (χ0) is 15.6. The van der Waals surface area contributed by atoms with Gasteiger partial charge < -0.3 is 4.84 Å². The summed E-state index contributed by atoms with van der Waals surface area (Å²) in [6.07, 6.45) is 0. The summed E-state index contributed by atoms with van der Waals surface area (Å²) in [5, 5.41) is 18.6. The molecule has 1 aromatic heterocycles. The molecule has 2 rings (SSSR count). The lowest BCUT2D eigenvalue weighted by Gasteiger charge is -2.10. The van der Waals surface area contributed by atoms with Gasteiger partial charge in [-0.1, -0.05) is 52.5 Å². The highest BCUT2D eigenvalue weighted by molar-refractivity contribution is 6.43. The molecule has 21 heavy (non-hydrogen) atoms. The molecule has 4 nitrogen and oxygen atoms in total. The number of nitrogens with zero attached hydrogens (tertiary/aromatic N) is 3. The molecule has 0 saturated carbocycles. The lowest BCUT2D eigenvalue weighted by atomic mass is 10.1. The van der Waals surface area contributed by atoms with Gasteiger partial charge in [-0.25, -0.2) is 0 Å². The molecule has 0 amide bonds. The van der Waals surface area contributed by atoms with Crippen LogP contribution in [0, 0.1) is 22.7 Å². The Morgan fingerprint density at radius 2 is 1.81 bits per heavy atom. The minimum atomic E-state index is -0.260. The molecule has 0 aliphatic carbocycles. The van der Waals surface area contributed by atoms with Crippen molar-refractivity contribution in [2.45, 2.75) is 0 Å². The van der Waals surface area contributed by atoms with Crippen molar-refractivity contribution in [1.29, 1.82) is 10.5 Å². The summed E-state index contributed by atoms with van der Waals surface area (Å²) < 4.78 is 1.13. The molecule has 0 aliphatic heterocycles. The van der Waals surface area contributed by atoms with Crippen LogP contribution in [0.1, 0.15) is 5.56 Å². The fourth-order valence-electron chi connectivity index (χ4n) is 1.72. The highest BCUT2D eigenvalue weighted by Crippen LogP contribution is 2.38. The van der Waals surface area contributed by atoms with Crippen LogP contribution in [0.15, 0.2) is 18.2 Å². The van der Waals surface area contributed by atoms with E-state index >= 15 is 0 Å². The summed E-state index contributed by atoms with van der Waals surface area (Å²) in [6, 6.07) is 8.54. The van der Waals surface area contributed by atoms with E-state index in [1.807, 2.05) is 12.1 Å². The SMILES string of the molecule is N#CCOn1c(Cl)c(Cl)c(C#N)c1-c1ccc(Cl)c(Cl)c1. The van der Waals surface area contributed by atoms with E-state index in [4.69, 9.17) is 56.5 Å². The van der Waals surface area contributed by atoms with Gasteiger partial charge in [0.05, 0.1) is 15.1 Å². The first-order valence-corrected chi connectivity index (χ1v) is 6.98. The Kier molecular flexibility index (Phi) is 4.88. The second-order valence-corrected chi connectivity index (χ2v) is 5.35. The molecule has 0 atom stereocenters. The van der Waals surface area contributed by atoms with Crippen molar-refractivity contribution in [1.82, 2.24) is 4.73 Å². The van der Waals surface area contributed by atoms with Gasteiger partial charge in [0.15, 0.2) is 5.15 Å². The molecule has 2 aromatic rings. The number of benzene rings is 1. The fourth-order valence-corrected chi connectivity index (χ4v) is 2.45. The Morgan fingerprint density at radius 3 is 2.38 bits per heavy atom. The standard InChI is InChI=1S/C13H5Cl4N3O/c14-9-2-1-7(5-10(9)15)12-8(6-19)11(16)13(17)20(12)21-4-3-18/h1-2,5H,4H2. The van der Waals surface area contributed by atoms with E-state index in [1.54, 1.807) is 18.2 Å². The number of rotatable bonds is 3. The van der Waals surface area contributed by atoms with Gasteiger partial charge in [0.1, 0.15) is 23.4 Å². The first kappa shape index (κ1) is 15.8. The quantitative estimate of drug-likeness (QED) is 0.803. The number of halogens is 4. The normalized spacial score (nSPS) is 10.0. The zero-order valence-corrected chi connectivity index (χ0v) is 13.2. The zero-order valence-electron chi connectivity index (χ0n) is 10.2. The molecule has 0 bridgehead atoms. The van der Waals surface area contributed by atoms with E-state index in [2.05, 4.69) is 0 Å². The highest BCUT2D eigenvalue weighted by Gasteiger charge is 2.23. The number of aromatic nitrogens is 1. The summed E-state index contributed by atoms with van der Waals surface area (Å²) in [6.45, 7) is -0.260. The molecule has 1 heterocycles. The maximum absolute atomic E-state index is 9.26. The maximum atomic E-state index is 9.26. The van der Waals surface area contributed by atoms with E-state index in [0.29, 0.717) is 21.3 Å². The van der Waals surface area contributed by atoms with Gasteiger partial charge in [0.2, 0.25) is 6.61 Å².